The molecule has 0 unspecified atom stereocenters. The van der Waals surface area contributed by atoms with Gasteiger partial charge in [-0.1, -0.05) is 23.5 Å². The Bertz CT molecular complexity index is 498. The Labute approximate surface area is 91.0 Å². The normalized spacial score (nSPS) is 16.0. The molecule has 2 aromatic rings. The zero-order valence-corrected chi connectivity index (χ0v) is 8.87. The third-order valence-corrected chi connectivity index (χ3v) is 3.38. The molecule has 2 N–H and O–H groups in total. The van der Waals surface area contributed by atoms with Gasteiger partial charge in [0, 0.05) is 6.42 Å². The van der Waals surface area contributed by atoms with Crippen LogP contribution < -0.4 is 10.7 Å². The highest BCUT2D eigenvalue weighted by atomic mass is 32.1. The maximum absolute atomic E-state index is 5.64. The van der Waals surface area contributed by atoms with Crippen LogP contribution in [0.15, 0.2) is 29.4 Å². The first-order valence-electron chi connectivity index (χ1n) is 4.79. The highest BCUT2D eigenvalue weighted by Crippen LogP contribution is 2.29. The number of fused-ring (bicyclic) bond motifs is 1. The maximum atomic E-state index is 5.64. The van der Waals surface area contributed by atoms with Crippen molar-refractivity contribution in [2.75, 3.05) is 11.6 Å². The van der Waals surface area contributed by atoms with E-state index in [0.29, 0.717) is 5.84 Å². The molecular weight excluding hydrogens is 208 g/mol. The van der Waals surface area contributed by atoms with E-state index in [1.165, 1.54) is 4.70 Å². The van der Waals surface area contributed by atoms with E-state index in [2.05, 4.69) is 16.2 Å². The largest absolute Gasteiger partial charge is 0.386 e. The first kappa shape index (κ1) is 8.67. The molecule has 76 valence electrons. The van der Waals surface area contributed by atoms with Crippen molar-refractivity contribution in [1.82, 2.24) is 4.98 Å². The maximum Gasteiger partial charge on any atom is 0.207 e. The minimum absolute atomic E-state index is 0.689. The van der Waals surface area contributed by atoms with E-state index in [1.54, 1.807) is 11.3 Å². The van der Waals surface area contributed by atoms with Crippen LogP contribution in [0.25, 0.3) is 10.2 Å². The van der Waals surface area contributed by atoms with E-state index in [0.717, 1.165) is 23.6 Å². The van der Waals surface area contributed by atoms with Gasteiger partial charge in [-0.2, -0.15) is 5.10 Å². The molecule has 0 amide bonds. The molecule has 0 aliphatic carbocycles. The molecule has 3 rings (SSSR count). The lowest BCUT2D eigenvalue weighted by molar-refractivity contribution is 0.916. The number of nitrogens with zero attached hydrogens (tertiary/aromatic N) is 3. The molecule has 0 bridgehead atoms. The molecule has 0 saturated heterocycles. The van der Waals surface area contributed by atoms with Crippen molar-refractivity contribution < 1.29 is 0 Å². The van der Waals surface area contributed by atoms with Gasteiger partial charge >= 0.3 is 0 Å². The van der Waals surface area contributed by atoms with Crippen LogP contribution in [0, 0.1) is 0 Å². The Kier molecular flexibility index (Phi) is 1.85. The van der Waals surface area contributed by atoms with Gasteiger partial charge in [0.1, 0.15) is 5.84 Å². The highest BCUT2D eigenvalue weighted by Gasteiger charge is 2.16. The summed E-state index contributed by atoms with van der Waals surface area (Å²) in [7, 11) is 0. The van der Waals surface area contributed by atoms with Gasteiger partial charge in [-0.05, 0) is 12.1 Å². The molecule has 0 saturated carbocycles. The van der Waals surface area contributed by atoms with Crippen LogP contribution in [0.2, 0.25) is 0 Å². The molecular formula is C10H10N4S. The summed E-state index contributed by atoms with van der Waals surface area (Å²) >= 11 is 1.65. The summed E-state index contributed by atoms with van der Waals surface area (Å²) < 4.78 is 1.19. The van der Waals surface area contributed by atoms with Crippen LogP contribution in [-0.2, 0) is 0 Å². The van der Waals surface area contributed by atoms with Crippen molar-refractivity contribution in [2.45, 2.75) is 6.42 Å². The molecule has 1 aliphatic heterocycles. The van der Waals surface area contributed by atoms with Gasteiger partial charge in [0.15, 0.2) is 0 Å². The lowest BCUT2D eigenvalue weighted by atomic mass is 10.3. The predicted molar refractivity (Wildman–Crippen MR) is 63.2 cm³/mol. The van der Waals surface area contributed by atoms with Gasteiger partial charge < -0.3 is 5.73 Å². The number of hydrogen-bond acceptors (Lipinski definition) is 5. The number of benzene rings is 1. The monoisotopic (exact) mass is 218 g/mol. The van der Waals surface area contributed by atoms with E-state index >= 15 is 0 Å². The van der Waals surface area contributed by atoms with Gasteiger partial charge in [0.2, 0.25) is 5.13 Å². The minimum atomic E-state index is 0.689. The predicted octanol–water partition coefficient (Wildman–Crippen LogP) is 1.78. The SMILES string of the molecule is NC1=NN(c2nc3ccccc3s2)CC1. The van der Waals surface area contributed by atoms with Crippen LogP contribution in [0.4, 0.5) is 5.13 Å². The third-order valence-electron chi connectivity index (χ3n) is 2.33. The van der Waals surface area contributed by atoms with Gasteiger partial charge in [0.25, 0.3) is 0 Å². The van der Waals surface area contributed by atoms with E-state index in [1.807, 2.05) is 23.2 Å². The molecule has 1 aromatic heterocycles. The molecule has 1 aromatic carbocycles. The van der Waals surface area contributed by atoms with Crippen LogP contribution >= 0.6 is 11.3 Å². The number of hydrogen-bond donors (Lipinski definition) is 1. The van der Waals surface area contributed by atoms with Crippen LogP contribution in [-0.4, -0.2) is 17.4 Å². The number of hydrazone groups is 1. The molecule has 0 spiro atoms. The van der Waals surface area contributed by atoms with E-state index in [4.69, 9.17) is 5.73 Å². The van der Waals surface area contributed by atoms with Crippen molar-refractivity contribution in [3.63, 3.8) is 0 Å². The van der Waals surface area contributed by atoms with E-state index < -0.39 is 0 Å². The van der Waals surface area contributed by atoms with Gasteiger partial charge in [-0.15, -0.1) is 0 Å². The molecule has 2 heterocycles. The molecule has 15 heavy (non-hydrogen) atoms. The van der Waals surface area contributed by atoms with Crippen molar-refractivity contribution in [1.29, 1.82) is 0 Å². The fraction of sp³-hybridized carbons (Fsp3) is 0.200. The second kappa shape index (κ2) is 3.20. The number of aromatic nitrogens is 1. The summed E-state index contributed by atoms with van der Waals surface area (Å²) in [4.78, 5) is 4.51. The Morgan fingerprint density at radius 1 is 1.33 bits per heavy atom. The second-order valence-electron chi connectivity index (χ2n) is 3.43. The number of nitrogens with two attached hydrogens (primary N) is 1. The smallest absolute Gasteiger partial charge is 0.207 e. The summed E-state index contributed by atoms with van der Waals surface area (Å²) in [5.74, 6) is 0.689. The summed E-state index contributed by atoms with van der Waals surface area (Å²) in [6.45, 7) is 0.839. The average molecular weight is 218 g/mol. The molecule has 0 atom stereocenters. The van der Waals surface area contributed by atoms with Crippen molar-refractivity contribution in [3.8, 4) is 0 Å². The summed E-state index contributed by atoms with van der Waals surface area (Å²) in [6.07, 6.45) is 0.829. The number of rotatable bonds is 1. The third kappa shape index (κ3) is 1.45. The summed E-state index contributed by atoms with van der Waals surface area (Å²) in [5.41, 5.74) is 6.67. The first-order chi connectivity index (χ1) is 7.33. The van der Waals surface area contributed by atoms with Crippen LogP contribution in [0.5, 0.6) is 0 Å². The Morgan fingerprint density at radius 2 is 2.20 bits per heavy atom. The highest BCUT2D eigenvalue weighted by molar-refractivity contribution is 7.22. The van der Waals surface area contributed by atoms with Crippen molar-refractivity contribution in [2.24, 2.45) is 10.8 Å². The molecule has 5 heteroatoms. The quantitative estimate of drug-likeness (QED) is 0.793. The summed E-state index contributed by atoms with van der Waals surface area (Å²) in [5, 5.41) is 7.03. The fourth-order valence-corrected chi connectivity index (χ4v) is 2.53. The zero-order valence-electron chi connectivity index (χ0n) is 8.05. The van der Waals surface area contributed by atoms with Crippen molar-refractivity contribution in [3.05, 3.63) is 24.3 Å². The van der Waals surface area contributed by atoms with Crippen LogP contribution in [0.3, 0.4) is 0 Å². The number of anilines is 1. The molecule has 1 aliphatic rings. The van der Waals surface area contributed by atoms with E-state index in [9.17, 15) is 0 Å². The topological polar surface area (TPSA) is 54.5 Å². The van der Waals surface area contributed by atoms with Gasteiger partial charge in [-0.25, -0.2) is 9.99 Å². The van der Waals surface area contributed by atoms with E-state index in [-0.39, 0.29) is 0 Å². The average Bonchev–Trinajstić information content (AvgIpc) is 2.82. The first-order valence-corrected chi connectivity index (χ1v) is 5.60. The lowest BCUT2D eigenvalue weighted by Gasteiger charge is -2.06. The lowest BCUT2D eigenvalue weighted by Crippen LogP contribution is -2.10. The van der Waals surface area contributed by atoms with Crippen molar-refractivity contribution >= 4 is 32.5 Å². The van der Waals surface area contributed by atoms with Gasteiger partial charge in [0.05, 0.1) is 16.8 Å². The standard InChI is InChI=1S/C10H10N4S/c11-9-5-6-14(13-9)10-12-7-3-1-2-4-8(7)15-10/h1-4H,5-6H2,(H2,11,13). The number of amidine groups is 1. The minimum Gasteiger partial charge on any atom is -0.386 e. The fourth-order valence-electron chi connectivity index (χ4n) is 1.58. The number of para-hydroxylation sites is 1. The van der Waals surface area contributed by atoms with Crippen LogP contribution in [0.1, 0.15) is 6.42 Å². The zero-order chi connectivity index (χ0) is 10.3. The Hall–Kier alpha value is -1.62. The van der Waals surface area contributed by atoms with Gasteiger partial charge in [-0.3, -0.25) is 0 Å². The molecule has 0 fully saturated rings. The second-order valence-corrected chi connectivity index (χ2v) is 4.44. The summed E-state index contributed by atoms with van der Waals surface area (Å²) in [6, 6.07) is 8.09. The Morgan fingerprint density at radius 3 is 2.93 bits per heavy atom. The molecule has 4 nitrogen and oxygen atoms in total. The molecule has 0 radical (unpaired) electrons. The Balaban J connectivity index is 2.05. The number of thiazole rings is 1.